The van der Waals surface area contributed by atoms with Gasteiger partial charge in [0.2, 0.25) is 0 Å². The van der Waals surface area contributed by atoms with E-state index in [0.717, 1.165) is 37.4 Å². The van der Waals surface area contributed by atoms with Crippen LogP contribution in [0.2, 0.25) is 0 Å². The van der Waals surface area contributed by atoms with Crippen molar-refractivity contribution in [1.29, 1.82) is 0 Å². The Balaban J connectivity index is 2.21. The molecule has 1 heterocycles. The zero-order chi connectivity index (χ0) is 14.6. The third-order valence-corrected chi connectivity index (χ3v) is 3.42. The van der Waals surface area contributed by atoms with Crippen LogP contribution in [-0.2, 0) is 11.3 Å². The molecule has 3 nitrogen and oxygen atoms in total. The van der Waals surface area contributed by atoms with Gasteiger partial charge in [0.25, 0.3) is 0 Å². The first kappa shape index (κ1) is 15.3. The lowest BCUT2D eigenvalue weighted by molar-refractivity contribution is 0.152. The third-order valence-electron chi connectivity index (χ3n) is 3.42. The van der Waals surface area contributed by atoms with Crippen LogP contribution < -0.4 is 10.2 Å². The van der Waals surface area contributed by atoms with Gasteiger partial charge in [0, 0.05) is 31.8 Å². The van der Waals surface area contributed by atoms with Crippen molar-refractivity contribution in [3.63, 3.8) is 0 Å². The van der Waals surface area contributed by atoms with Crippen LogP contribution in [-0.4, -0.2) is 31.8 Å². The van der Waals surface area contributed by atoms with Crippen molar-refractivity contribution in [3.8, 4) is 0 Å². The van der Waals surface area contributed by atoms with Gasteiger partial charge in [-0.25, -0.2) is 4.39 Å². The van der Waals surface area contributed by atoms with E-state index in [-0.39, 0.29) is 11.4 Å². The van der Waals surface area contributed by atoms with Crippen molar-refractivity contribution in [2.45, 2.75) is 39.3 Å². The van der Waals surface area contributed by atoms with Crippen LogP contribution in [0, 0.1) is 5.82 Å². The summed E-state index contributed by atoms with van der Waals surface area (Å²) < 4.78 is 19.7. The summed E-state index contributed by atoms with van der Waals surface area (Å²) in [5, 5.41) is 3.44. The SMILES string of the molecule is CC(C)(C)NCc1cccc(F)c1N1CCCOCC1. The normalized spacial score (nSPS) is 17.1. The topological polar surface area (TPSA) is 24.5 Å². The predicted molar refractivity (Wildman–Crippen MR) is 80.6 cm³/mol. The van der Waals surface area contributed by atoms with Crippen LogP contribution in [0.15, 0.2) is 18.2 Å². The molecule has 0 spiro atoms. The number of hydrogen-bond donors (Lipinski definition) is 1. The molecular weight excluding hydrogens is 255 g/mol. The molecule has 0 bridgehead atoms. The Hall–Kier alpha value is -1.13. The molecule has 1 fully saturated rings. The largest absolute Gasteiger partial charge is 0.380 e. The summed E-state index contributed by atoms with van der Waals surface area (Å²) in [6.07, 6.45) is 0.945. The maximum atomic E-state index is 14.3. The molecule has 1 N–H and O–H groups in total. The molecule has 0 aliphatic carbocycles. The molecule has 1 aromatic carbocycles. The van der Waals surface area contributed by atoms with Crippen molar-refractivity contribution < 1.29 is 9.13 Å². The molecule has 112 valence electrons. The lowest BCUT2D eigenvalue weighted by Crippen LogP contribution is -2.36. The highest BCUT2D eigenvalue weighted by molar-refractivity contribution is 5.55. The third kappa shape index (κ3) is 4.18. The second-order valence-corrected chi connectivity index (χ2v) is 6.30. The number of rotatable bonds is 3. The van der Waals surface area contributed by atoms with Crippen LogP contribution in [0.25, 0.3) is 0 Å². The Morgan fingerprint density at radius 3 is 2.80 bits per heavy atom. The number of anilines is 1. The lowest BCUT2D eigenvalue weighted by Gasteiger charge is -2.27. The maximum absolute atomic E-state index is 14.3. The van der Waals surface area contributed by atoms with Gasteiger partial charge in [0.05, 0.1) is 12.3 Å². The van der Waals surface area contributed by atoms with Crippen molar-refractivity contribution in [1.82, 2.24) is 5.32 Å². The number of nitrogens with one attached hydrogen (secondary N) is 1. The Bertz CT molecular complexity index is 435. The molecule has 2 rings (SSSR count). The van der Waals surface area contributed by atoms with Gasteiger partial charge < -0.3 is 15.0 Å². The molecular formula is C16H25FN2O. The molecule has 0 atom stereocenters. The van der Waals surface area contributed by atoms with Gasteiger partial charge in [0.1, 0.15) is 5.82 Å². The van der Waals surface area contributed by atoms with E-state index in [2.05, 4.69) is 31.0 Å². The Morgan fingerprint density at radius 1 is 1.25 bits per heavy atom. The number of nitrogens with zero attached hydrogens (tertiary/aromatic N) is 1. The summed E-state index contributed by atoms with van der Waals surface area (Å²) in [5.74, 6) is -0.139. The first-order chi connectivity index (χ1) is 9.47. The molecule has 4 heteroatoms. The average Bonchev–Trinajstić information content (AvgIpc) is 2.64. The summed E-state index contributed by atoms with van der Waals surface area (Å²) in [4.78, 5) is 2.11. The molecule has 0 radical (unpaired) electrons. The van der Waals surface area contributed by atoms with Gasteiger partial charge in [-0.1, -0.05) is 12.1 Å². The Morgan fingerprint density at radius 2 is 2.05 bits per heavy atom. The molecule has 0 amide bonds. The molecule has 1 aromatic rings. The zero-order valence-electron chi connectivity index (χ0n) is 12.7. The van der Waals surface area contributed by atoms with Gasteiger partial charge in [-0.2, -0.15) is 0 Å². The van der Waals surface area contributed by atoms with Gasteiger partial charge in [-0.05, 0) is 38.8 Å². The highest BCUT2D eigenvalue weighted by Gasteiger charge is 2.19. The highest BCUT2D eigenvalue weighted by Crippen LogP contribution is 2.26. The van der Waals surface area contributed by atoms with E-state index in [9.17, 15) is 4.39 Å². The summed E-state index contributed by atoms with van der Waals surface area (Å²) in [7, 11) is 0. The standard InChI is InChI=1S/C16H25FN2O/c1-16(2,3)18-12-13-6-4-7-14(17)15(13)19-8-5-10-20-11-9-19/h4,6-7,18H,5,8-12H2,1-3H3. The average molecular weight is 280 g/mol. The summed E-state index contributed by atoms with van der Waals surface area (Å²) in [6, 6.07) is 5.33. The number of para-hydroxylation sites is 1. The number of hydrogen-bond acceptors (Lipinski definition) is 3. The maximum Gasteiger partial charge on any atom is 0.146 e. The first-order valence-corrected chi connectivity index (χ1v) is 7.32. The van der Waals surface area contributed by atoms with Crippen LogP contribution in [0.4, 0.5) is 10.1 Å². The van der Waals surface area contributed by atoms with E-state index in [1.54, 1.807) is 12.1 Å². The minimum atomic E-state index is -0.139. The molecule has 0 unspecified atom stereocenters. The Kier molecular flexibility index (Phi) is 5.00. The molecule has 1 saturated heterocycles. The van der Waals surface area contributed by atoms with Crippen molar-refractivity contribution in [2.75, 3.05) is 31.2 Å². The van der Waals surface area contributed by atoms with Crippen molar-refractivity contribution >= 4 is 5.69 Å². The molecule has 0 aromatic heterocycles. The summed E-state index contributed by atoms with van der Waals surface area (Å²) in [5.41, 5.74) is 1.77. The highest BCUT2D eigenvalue weighted by atomic mass is 19.1. The van der Waals surface area contributed by atoms with E-state index < -0.39 is 0 Å². The quantitative estimate of drug-likeness (QED) is 0.921. The van der Waals surface area contributed by atoms with E-state index in [1.807, 2.05) is 6.07 Å². The minimum Gasteiger partial charge on any atom is -0.380 e. The first-order valence-electron chi connectivity index (χ1n) is 7.32. The zero-order valence-corrected chi connectivity index (χ0v) is 12.7. The number of halogens is 1. The van der Waals surface area contributed by atoms with Gasteiger partial charge in [-0.15, -0.1) is 0 Å². The number of benzene rings is 1. The second kappa shape index (κ2) is 6.55. The van der Waals surface area contributed by atoms with Crippen molar-refractivity contribution in [2.24, 2.45) is 0 Å². The fourth-order valence-electron chi connectivity index (χ4n) is 2.39. The van der Waals surface area contributed by atoms with Crippen LogP contribution in [0.1, 0.15) is 32.8 Å². The van der Waals surface area contributed by atoms with Crippen LogP contribution >= 0.6 is 0 Å². The van der Waals surface area contributed by atoms with Gasteiger partial charge >= 0.3 is 0 Å². The fraction of sp³-hybridized carbons (Fsp3) is 0.625. The van der Waals surface area contributed by atoms with Gasteiger partial charge in [0.15, 0.2) is 0 Å². The second-order valence-electron chi connectivity index (χ2n) is 6.30. The van der Waals surface area contributed by atoms with Gasteiger partial charge in [-0.3, -0.25) is 0 Å². The lowest BCUT2D eigenvalue weighted by atomic mass is 10.1. The minimum absolute atomic E-state index is 0.0193. The smallest absolute Gasteiger partial charge is 0.146 e. The van der Waals surface area contributed by atoms with E-state index >= 15 is 0 Å². The van der Waals surface area contributed by atoms with Crippen molar-refractivity contribution in [3.05, 3.63) is 29.6 Å². The monoisotopic (exact) mass is 280 g/mol. The molecule has 1 aliphatic heterocycles. The Labute approximate surface area is 121 Å². The van der Waals surface area contributed by atoms with E-state index in [4.69, 9.17) is 4.74 Å². The van der Waals surface area contributed by atoms with E-state index in [1.165, 1.54) is 0 Å². The molecule has 0 saturated carbocycles. The fourth-order valence-corrected chi connectivity index (χ4v) is 2.39. The summed E-state index contributed by atoms with van der Waals surface area (Å²) in [6.45, 7) is 10.1. The molecule has 20 heavy (non-hydrogen) atoms. The van der Waals surface area contributed by atoms with Crippen LogP contribution in [0.5, 0.6) is 0 Å². The van der Waals surface area contributed by atoms with Crippen LogP contribution in [0.3, 0.4) is 0 Å². The predicted octanol–water partition coefficient (Wildman–Crippen LogP) is 2.94. The number of ether oxygens (including phenoxy) is 1. The molecule has 1 aliphatic rings. The van der Waals surface area contributed by atoms with E-state index in [0.29, 0.717) is 13.2 Å². The summed E-state index contributed by atoms with van der Waals surface area (Å²) >= 11 is 0.